The number of Topliss-reactive ketones (excluding diaryl/α,β-unsaturated/α-hetero) is 1. The number of ether oxygens (including phenoxy) is 1. The molecule has 4 heteroatoms. The van der Waals surface area contributed by atoms with Gasteiger partial charge in [-0.25, -0.2) is 0 Å². The number of anilines is 1. The van der Waals surface area contributed by atoms with E-state index >= 15 is 0 Å². The maximum absolute atomic E-state index is 12.0. The van der Waals surface area contributed by atoms with Crippen LogP contribution in [-0.4, -0.2) is 23.9 Å². The fourth-order valence-corrected chi connectivity index (χ4v) is 2.72. The van der Waals surface area contributed by atoms with E-state index in [2.05, 4.69) is 10.3 Å². The van der Waals surface area contributed by atoms with Crippen LogP contribution in [0.4, 0.5) is 5.69 Å². The number of carbonyl (C=O) groups excluding carboxylic acids is 1. The zero-order valence-corrected chi connectivity index (χ0v) is 11.6. The van der Waals surface area contributed by atoms with Crippen LogP contribution in [0, 0.1) is 0 Å². The second-order valence-electron chi connectivity index (χ2n) is 5.16. The van der Waals surface area contributed by atoms with E-state index in [1.165, 1.54) is 0 Å². The van der Waals surface area contributed by atoms with Crippen LogP contribution in [0.2, 0.25) is 0 Å². The summed E-state index contributed by atoms with van der Waals surface area (Å²) in [6, 6.07) is 7.67. The van der Waals surface area contributed by atoms with Crippen LogP contribution in [0.3, 0.4) is 0 Å². The Bertz CT molecular complexity index is 639. The first kappa shape index (κ1) is 12.9. The summed E-state index contributed by atoms with van der Waals surface area (Å²) in [5.41, 5.74) is 1.76. The zero-order valence-electron chi connectivity index (χ0n) is 11.6. The van der Waals surface area contributed by atoms with Crippen LogP contribution in [0.5, 0.6) is 5.75 Å². The predicted octanol–water partition coefficient (Wildman–Crippen LogP) is 3.17. The third-order valence-electron chi connectivity index (χ3n) is 3.80. The number of methoxy groups -OCH3 is 1. The van der Waals surface area contributed by atoms with E-state index in [1.54, 1.807) is 13.3 Å². The molecule has 0 bridgehead atoms. The molecule has 0 aliphatic heterocycles. The van der Waals surface area contributed by atoms with E-state index in [-0.39, 0.29) is 6.04 Å². The van der Waals surface area contributed by atoms with Crippen molar-refractivity contribution in [3.8, 4) is 5.75 Å². The Kier molecular flexibility index (Phi) is 3.54. The third-order valence-corrected chi connectivity index (χ3v) is 3.80. The highest BCUT2D eigenvalue weighted by atomic mass is 16.5. The number of nitrogens with zero attached hydrogens (tertiary/aromatic N) is 1. The van der Waals surface area contributed by atoms with Crippen molar-refractivity contribution in [1.82, 2.24) is 4.98 Å². The van der Waals surface area contributed by atoms with Gasteiger partial charge in [0.15, 0.2) is 5.78 Å². The van der Waals surface area contributed by atoms with Gasteiger partial charge in [0.25, 0.3) is 0 Å². The Morgan fingerprint density at radius 3 is 3.05 bits per heavy atom. The molecule has 2 aromatic rings. The largest absolute Gasteiger partial charge is 0.497 e. The lowest BCUT2D eigenvalue weighted by molar-refractivity contribution is -0.121. The molecule has 0 spiro atoms. The minimum absolute atomic E-state index is 0.0962. The SMILES string of the molecule is COc1cc(NC2CCCCC2=O)c2ncccc2c1. The van der Waals surface area contributed by atoms with Gasteiger partial charge in [-0.1, -0.05) is 12.5 Å². The standard InChI is InChI=1S/C16H18N2O2/c1-20-12-9-11-5-4-8-17-16(11)14(10-12)18-13-6-2-3-7-15(13)19/h4-5,8-10,13,18H,2-3,6-7H2,1H3. The van der Waals surface area contributed by atoms with Gasteiger partial charge in [-0.3, -0.25) is 9.78 Å². The van der Waals surface area contributed by atoms with Gasteiger partial charge in [0.2, 0.25) is 0 Å². The fraction of sp³-hybridized carbons (Fsp3) is 0.375. The molecule has 1 aromatic carbocycles. The van der Waals surface area contributed by atoms with Gasteiger partial charge in [-0.05, 0) is 25.0 Å². The summed E-state index contributed by atoms with van der Waals surface area (Å²) < 4.78 is 5.33. The molecular formula is C16H18N2O2. The van der Waals surface area contributed by atoms with E-state index in [4.69, 9.17) is 4.74 Å². The lowest BCUT2D eigenvalue weighted by Gasteiger charge is -2.23. The average molecular weight is 270 g/mol. The van der Waals surface area contributed by atoms with Gasteiger partial charge >= 0.3 is 0 Å². The molecule has 4 nitrogen and oxygen atoms in total. The van der Waals surface area contributed by atoms with E-state index in [1.807, 2.05) is 24.3 Å². The van der Waals surface area contributed by atoms with Gasteiger partial charge in [0.1, 0.15) is 5.75 Å². The molecule has 0 amide bonds. The predicted molar refractivity (Wildman–Crippen MR) is 79.2 cm³/mol. The topological polar surface area (TPSA) is 51.2 Å². The number of hydrogen-bond donors (Lipinski definition) is 1. The Morgan fingerprint density at radius 2 is 2.25 bits per heavy atom. The first-order valence-electron chi connectivity index (χ1n) is 7.00. The molecule has 1 aromatic heterocycles. The van der Waals surface area contributed by atoms with Gasteiger partial charge in [0.05, 0.1) is 24.4 Å². The number of aromatic nitrogens is 1. The van der Waals surface area contributed by atoms with Crippen LogP contribution < -0.4 is 10.1 Å². The van der Waals surface area contributed by atoms with Crippen LogP contribution >= 0.6 is 0 Å². The first-order chi connectivity index (χ1) is 9.78. The lowest BCUT2D eigenvalue weighted by Crippen LogP contribution is -2.32. The summed E-state index contributed by atoms with van der Waals surface area (Å²) in [6.45, 7) is 0. The van der Waals surface area contributed by atoms with Crippen molar-refractivity contribution in [3.05, 3.63) is 30.5 Å². The fourth-order valence-electron chi connectivity index (χ4n) is 2.72. The monoisotopic (exact) mass is 270 g/mol. The highest BCUT2D eigenvalue weighted by Gasteiger charge is 2.22. The number of benzene rings is 1. The summed E-state index contributed by atoms with van der Waals surface area (Å²) in [5, 5.41) is 4.37. The number of pyridine rings is 1. The van der Waals surface area contributed by atoms with E-state index < -0.39 is 0 Å². The molecule has 1 aliphatic rings. The number of fused-ring (bicyclic) bond motifs is 1. The Morgan fingerprint density at radius 1 is 1.35 bits per heavy atom. The molecule has 1 heterocycles. The Hall–Kier alpha value is -2.10. The number of nitrogens with one attached hydrogen (secondary N) is 1. The normalized spacial score (nSPS) is 19.1. The number of hydrogen-bond acceptors (Lipinski definition) is 4. The van der Waals surface area contributed by atoms with Crippen molar-refractivity contribution in [2.75, 3.05) is 12.4 Å². The van der Waals surface area contributed by atoms with E-state index in [0.717, 1.165) is 41.6 Å². The first-order valence-corrected chi connectivity index (χ1v) is 7.00. The van der Waals surface area contributed by atoms with E-state index in [9.17, 15) is 4.79 Å². The molecule has 20 heavy (non-hydrogen) atoms. The van der Waals surface area contributed by atoms with E-state index in [0.29, 0.717) is 12.2 Å². The molecule has 1 unspecified atom stereocenters. The molecule has 0 radical (unpaired) electrons. The van der Waals surface area contributed by atoms with Crippen LogP contribution in [0.25, 0.3) is 10.9 Å². The highest BCUT2D eigenvalue weighted by Crippen LogP contribution is 2.29. The minimum Gasteiger partial charge on any atom is -0.497 e. The van der Waals surface area contributed by atoms with Crippen molar-refractivity contribution >= 4 is 22.4 Å². The minimum atomic E-state index is -0.0962. The zero-order chi connectivity index (χ0) is 13.9. The molecular weight excluding hydrogens is 252 g/mol. The Labute approximate surface area is 118 Å². The van der Waals surface area contributed by atoms with Crippen molar-refractivity contribution < 1.29 is 9.53 Å². The molecule has 104 valence electrons. The van der Waals surface area contributed by atoms with Gasteiger partial charge in [-0.2, -0.15) is 0 Å². The van der Waals surface area contributed by atoms with Gasteiger partial charge in [0, 0.05) is 24.1 Å². The third kappa shape index (κ3) is 2.46. The van der Waals surface area contributed by atoms with Crippen molar-refractivity contribution in [1.29, 1.82) is 0 Å². The number of carbonyl (C=O) groups is 1. The van der Waals surface area contributed by atoms with Crippen molar-refractivity contribution in [3.63, 3.8) is 0 Å². The molecule has 1 fully saturated rings. The molecule has 1 N–H and O–H groups in total. The average Bonchev–Trinajstić information content (AvgIpc) is 2.49. The number of rotatable bonds is 3. The summed E-state index contributed by atoms with van der Waals surface area (Å²) >= 11 is 0. The van der Waals surface area contributed by atoms with Crippen LogP contribution in [0.1, 0.15) is 25.7 Å². The molecule has 1 saturated carbocycles. The summed E-state index contributed by atoms with van der Waals surface area (Å²) in [7, 11) is 1.65. The second kappa shape index (κ2) is 5.49. The van der Waals surface area contributed by atoms with Gasteiger partial charge in [-0.15, -0.1) is 0 Å². The Balaban J connectivity index is 1.98. The van der Waals surface area contributed by atoms with Crippen molar-refractivity contribution in [2.24, 2.45) is 0 Å². The lowest BCUT2D eigenvalue weighted by atomic mass is 9.94. The molecule has 1 aliphatic carbocycles. The van der Waals surface area contributed by atoms with Crippen molar-refractivity contribution in [2.45, 2.75) is 31.7 Å². The quantitative estimate of drug-likeness (QED) is 0.930. The van der Waals surface area contributed by atoms with Crippen LogP contribution in [-0.2, 0) is 4.79 Å². The second-order valence-corrected chi connectivity index (χ2v) is 5.16. The smallest absolute Gasteiger partial charge is 0.155 e. The summed E-state index contributed by atoms with van der Waals surface area (Å²) in [6.07, 6.45) is 5.44. The van der Waals surface area contributed by atoms with Crippen LogP contribution in [0.15, 0.2) is 30.5 Å². The maximum Gasteiger partial charge on any atom is 0.155 e. The molecule has 0 saturated heterocycles. The highest BCUT2D eigenvalue weighted by molar-refractivity contribution is 5.95. The van der Waals surface area contributed by atoms with Gasteiger partial charge < -0.3 is 10.1 Å². The number of ketones is 1. The maximum atomic E-state index is 12.0. The summed E-state index contributed by atoms with van der Waals surface area (Å²) in [5.74, 6) is 1.07. The summed E-state index contributed by atoms with van der Waals surface area (Å²) in [4.78, 5) is 16.4. The molecule has 3 rings (SSSR count). The molecule has 1 atom stereocenters.